The molecule has 2 aromatic rings. The number of anilines is 2. The highest BCUT2D eigenvalue weighted by molar-refractivity contribution is 7.80. The van der Waals surface area contributed by atoms with Crippen molar-refractivity contribution in [2.24, 2.45) is 0 Å². The standard InChI is InChI=1S/C23H30N4OS/c1-16-7-6-10-20(19(16)4)24-23(29)27-13-11-26(12-14-27)15-21(28)25-22-17(2)8-5-9-18(22)3/h5-10H,11-15H2,1-4H3,(H,24,29)(H,25,28). The molecule has 1 aliphatic rings. The molecule has 6 heteroatoms. The van der Waals surface area contributed by atoms with Crippen LogP contribution >= 0.6 is 12.2 Å². The summed E-state index contributed by atoms with van der Waals surface area (Å²) >= 11 is 5.62. The number of carbonyl (C=O) groups is 1. The molecule has 1 fully saturated rings. The summed E-state index contributed by atoms with van der Waals surface area (Å²) in [4.78, 5) is 16.9. The number of amides is 1. The van der Waals surface area contributed by atoms with Crippen LogP contribution in [0, 0.1) is 27.7 Å². The van der Waals surface area contributed by atoms with Gasteiger partial charge in [-0.2, -0.15) is 0 Å². The van der Waals surface area contributed by atoms with E-state index in [0.717, 1.165) is 53.8 Å². The van der Waals surface area contributed by atoms with Gasteiger partial charge in [-0.25, -0.2) is 0 Å². The Balaban J connectivity index is 1.49. The minimum absolute atomic E-state index is 0.0342. The van der Waals surface area contributed by atoms with Crippen molar-refractivity contribution in [3.05, 3.63) is 58.7 Å². The second-order valence-electron chi connectivity index (χ2n) is 7.76. The molecule has 29 heavy (non-hydrogen) atoms. The zero-order valence-electron chi connectivity index (χ0n) is 17.7. The lowest BCUT2D eigenvalue weighted by molar-refractivity contribution is -0.117. The number of nitrogens with zero attached hydrogens (tertiary/aromatic N) is 2. The summed E-state index contributed by atoms with van der Waals surface area (Å²) in [6, 6.07) is 12.2. The number of rotatable bonds is 4. The van der Waals surface area contributed by atoms with Crippen LogP contribution in [0.15, 0.2) is 36.4 Å². The normalized spacial score (nSPS) is 14.6. The van der Waals surface area contributed by atoms with E-state index in [2.05, 4.69) is 46.4 Å². The molecule has 2 N–H and O–H groups in total. The molecule has 0 radical (unpaired) electrons. The van der Waals surface area contributed by atoms with Crippen molar-refractivity contribution in [3.8, 4) is 0 Å². The fourth-order valence-electron chi connectivity index (χ4n) is 3.58. The number of carbonyl (C=O) groups excluding carboxylic acids is 1. The third kappa shape index (κ3) is 5.34. The first kappa shape index (κ1) is 21.3. The smallest absolute Gasteiger partial charge is 0.238 e. The van der Waals surface area contributed by atoms with Gasteiger partial charge in [-0.3, -0.25) is 9.69 Å². The molecule has 0 saturated carbocycles. The number of piperazine rings is 1. The maximum absolute atomic E-state index is 12.5. The molecule has 0 atom stereocenters. The maximum Gasteiger partial charge on any atom is 0.238 e. The Labute approximate surface area is 179 Å². The van der Waals surface area contributed by atoms with Gasteiger partial charge < -0.3 is 15.5 Å². The largest absolute Gasteiger partial charge is 0.346 e. The average Bonchev–Trinajstić information content (AvgIpc) is 2.69. The fraction of sp³-hybridized carbons (Fsp3) is 0.391. The number of benzene rings is 2. The van der Waals surface area contributed by atoms with E-state index in [4.69, 9.17) is 12.2 Å². The highest BCUT2D eigenvalue weighted by Gasteiger charge is 2.21. The van der Waals surface area contributed by atoms with Crippen molar-refractivity contribution >= 4 is 34.6 Å². The molecule has 2 aromatic carbocycles. The van der Waals surface area contributed by atoms with Gasteiger partial charge >= 0.3 is 0 Å². The molecular formula is C23H30N4OS. The first-order valence-corrected chi connectivity index (χ1v) is 10.5. The van der Waals surface area contributed by atoms with Gasteiger partial charge in [0.05, 0.1) is 6.54 Å². The van der Waals surface area contributed by atoms with Crippen molar-refractivity contribution in [3.63, 3.8) is 0 Å². The molecule has 0 unspecified atom stereocenters. The fourth-order valence-corrected chi connectivity index (χ4v) is 3.88. The van der Waals surface area contributed by atoms with Gasteiger partial charge in [0.15, 0.2) is 5.11 Å². The minimum atomic E-state index is 0.0342. The average molecular weight is 411 g/mol. The minimum Gasteiger partial charge on any atom is -0.346 e. The summed E-state index contributed by atoms with van der Waals surface area (Å²) in [5.41, 5.74) is 6.63. The summed E-state index contributed by atoms with van der Waals surface area (Å²) in [5.74, 6) is 0.0342. The van der Waals surface area contributed by atoms with Gasteiger partial charge in [-0.15, -0.1) is 0 Å². The Kier molecular flexibility index (Phi) is 6.87. The van der Waals surface area contributed by atoms with Gasteiger partial charge in [0.25, 0.3) is 0 Å². The first-order chi connectivity index (χ1) is 13.8. The molecule has 0 aromatic heterocycles. The summed E-state index contributed by atoms with van der Waals surface area (Å²) < 4.78 is 0. The molecule has 0 bridgehead atoms. The molecule has 0 aliphatic carbocycles. The Hall–Kier alpha value is -2.44. The van der Waals surface area contributed by atoms with E-state index < -0.39 is 0 Å². The van der Waals surface area contributed by atoms with Crippen LogP contribution in [0.2, 0.25) is 0 Å². The van der Waals surface area contributed by atoms with E-state index in [1.807, 2.05) is 38.1 Å². The molecule has 3 rings (SSSR count). The van der Waals surface area contributed by atoms with Gasteiger partial charge in [0.2, 0.25) is 5.91 Å². The first-order valence-electron chi connectivity index (χ1n) is 10.1. The summed E-state index contributed by atoms with van der Waals surface area (Å²) in [7, 11) is 0. The quantitative estimate of drug-likeness (QED) is 0.750. The molecule has 1 saturated heterocycles. The molecule has 1 heterocycles. The van der Waals surface area contributed by atoms with Crippen LogP contribution in [-0.2, 0) is 4.79 Å². The van der Waals surface area contributed by atoms with Crippen LogP contribution < -0.4 is 10.6 Å². The third-order valence-electron chi connectivity index (χ3n) is 5.62. The van der Waals surface area contributed by atoms with Crippen LogP contribution in [-0.4, -0.2) is 53.5 Å². The molecule has 154 valence electrons. The number of para-hydroxylation sites is 1. The zero-order chi connectivity index (χ0) is 21.0. The van der Waals surface area contributed by atoms with Crippen LogP contribution in [0.5, 0.6) is 0 Å². The monoisotopic (exact) mass is 410 g/mol. The van der Waals surface area contributed by atoms with E-state index in [1.165, 1.54) is 11.1 Å². The predicted molar refractivity (Wildman–Crippen MR) is 125 cm³/mol. The lowest BCUT2D eigenvalue weighted by Crippen LogP contribution is -2.51. The third-order valence-corrected chi connectivity index (χ3v) is 5.98. The molecule has 1 amide bonds. The van der Waals surface area contributed by atoms with E-state index >= 15 is 0 Å². The van der Waals surface area contributed by atoms with Crippen LogP contribution in [0.4, 0.5) is 11.4 Å². The van der Waals surface area contributed by atoms with E-state index in [1.54, 1.807) is 0 Å². The van der Waals surface area contributed by atoms with E-state index in [0.29, 0.717) is 6.54 Å². The van der Waals surface area contributed by atoms with Crippen LogP contribution in [0.3, 0.4) is 0 Å². The van der Waals surface area contributed by atoms with Gasteiger partial charge in [-0.1, -0.05) is 30.3 Å². The van der Waals surface area contributed by atoms with Gasteiger partial charge in [0, 0.05) is 37.6 Å². The van der Waals surface area contributed by atoms with Crippen LogP contribution in [0.25, 0.3) is 0 Å². The van der Waals surface area contributed by atoms with Crippen molar-refractivity contribution in [2.75, 3.05) is 43.4 Å². The van der Waals surface area contributed by atoms with Gasteiger partial charge in [-0.05, 0) is 68.2 Å². The number of hydrogen-bond donors (Lipinski definition) is 2. The van der Waals surface area contributed by atoms with Crippen LogP contribution in [0.1, 0.15) is 22.3 Å². The second-order valence-corrected chi connectivity index (χ2v) is 8.14. The summed E-state index contributed by atoms with van der Waals surface area (Å²) in [6.45, 7) is 11.9. The number of aryl methyl sites for hydroxylation is 3. The Morgan fingerprint density at radius 2 is 1.48 bits per heavy atom. The van der Waals surface area contributed by atoms with Crippen molar-refractivity contribution < 1.29 is 4.79 Å². The SMILES string of the molecule is Cc1cccc(NC(=S)N2CCN(CC(=O)Nc3c(C)cccc3C)CC2)c1C. The van der Waals surface area contributed by atoms with Crippen molar-refractivity contribution in [2.45, 2.75) is 27.7 Å². The maximum atomic E-state index is 12.5. The number of thiocarbonyl (C=S) groups is 1. The zero-order valence-corrected chi connectivity index (χ0v) is 18.5. The summed E-state index contributed by atoms with van der Waals surface area (Å²) in [5, 5.41) is 7.20. The number of nitrogens with one attached hydrogen (secondary N) is 2. The molecule has 5 nitrogen and oxygen atoms in total. The second kappa shape index (κ2) is 9.37. The van der Waals surface area contributed by atoms with Crippen molar-refractivity contribution in [1.29, 1.82) is 0 Å². The van der Waals surface area contributed by atoms with E-state index in [9.17, 15) is 4.79 Å². The Morgan fingerprint density at radius 1 is 0.897 bits per heavy atom. The molecule has 0 spiro atoms. The highest BCUT2D eigenvalue weighted by Crippen LogP contribution is 2.20. The Morgan fingerprint density at radius 3 is 2.14 bits per heavy atom. The topological polar surface area (TPSA) is 47.6 Å². The lowest BCUT2D eigenvalue weighted by Gasteiger charge is -2.36. The van der Waals surface area contributed by atoms with Gasteiger partial charge in [0.1, 0.15) is 0 Å². The predicted octanol–water partition coefficient (Wildman–Crippen LogP) is 3.87. The molecular weight excluding hydrogens is 380 g/mol. The van der Waals surface area contributed by atoms with Crippen molar-refractivity contribution in [1.82, 2.24) is 9.80 Å². The molecule has 1 aliphatic heterocycles. The lowest BCUT2D eigenvalue weighted by atomic mass is 10.1. The van der Waals surface area contributed by atoms with E-state index in [-0.39, 0.29) is 5.91 Å². The summed E-state index contributed by atoms with van der Waals surface area (Å²) in [6.07, 6.45) is 0. The Bertz CT molecular complexity index is 883. The number of hydrogen-bond acceptors (Lipinski definition) is 3. The highest BCUT2D eigenvalue weighted by atomic mass is 32.1.